The van der Waals surface area contributed by atoms with Crippen molar-refractivity contribution in [2.24, 2.45) is 23.2 Å². The molecule has 1 N–H and O–H groups in total. The van der Waals surface area contributed by atoms with Gasteiger partial charge >= 0.3 is 0 Å². The van der Waals surface area contributed by atoms with Gasteiger partial charge in [-0.25, -0.2) is 0 Å². The Morgan fingerprint density at radius 1 is 1.09 bits per heavy atom. The maximum Gasteiger partial charge on any atom is 0.0577 e. The quantitative estimate of drug-likeness (QED) is 0.771. The molecule has 2 rings (SSSR count). The number of hydrogen-bond donors (Lipinski definition) is 1. The lowest BCUT2D eigenvalue weighted by molar-refractivity contribution is -0.0437. The third kappa shape index (κ3) is 5.50. The summed E-state index contributed by atoms with van der Waals surface area (Å²) in [5.41, 5.74) is 0.118. The summed E-state index contributed by atoms with van der Waals surface area (Å²) in [6.07, 6.45) is 8.67. The summed E-state index contributed by atoms with van der Waals surface area (Å²) in [5, 5.41) is 9.83. The fourth-order valence-electron chi connectivity index (χ4n) is 4.38. The summed E-state index contributed by atoms with van der Waals surface area (Å²) in [5.74, 6) is 2.12. The van der Waals surface area contributed by atoms with Crippen molar-refractivity contribution in [3.05, 3.63) is 0 Å². The molecule has 2 aliphatic heterocycles. The Morgan fingerprint density at radius 2 is 1.82 bits per heavy atom. The molecule has 2 saturated heterocycles. The van der Waals surface area contributed by atoms with Gasteiger partial charge in [-0.3, -0.25) is 0 Å². The Morgan fingerprint density at radius 3 is 2.36 bits per heavy atom. The topological polar surface area (TPSA) is 38.7 Å². The molecule has 0 aromatic rings. The van der Waals surface area contributed by atoms with Crippen LogP contribution in [0.25, 0.3) is 0 Å². The van der Waals surface area contributed by atoms with Gasteiger partial charge in [0.15, 0.2) is 0 Å². The lowest BCUT2D eigenvalue weighted by Gasteiger charge is -2.39. The summed E-state index contributed by atoms with van der Waals surface area (Å²) in [7, 11) is 0. The zero-order chi connectivity index (χ0) is 16.0. The summed E-state index contributed by atoms with van der Waals surface area (Å²) >= 11 is 0. The Labute approximate surface area is 136 Å². The van der Waals surface area contributed by atoms with Gasteiger partial charge in [-0.1, -0.05) is 20.8 Å². The first-order valence-corrected chi connectivity index (χ1v) is 9.33. The van der Waals surface area contributed by atoms with Crippen LogP contribution in [0.15, 0.2) is 0 Å². The second-order valence-electron chi connectivity index (χ2n) is 8.34. The van der Waals surface area contributed by atoms with Crippen LogP contribution in [0.3, 0.4) is 0 Å². The van der Waals surface area contributed by atoms with Crippen LogP contribution in [0.1, 0.15) is 65.7 Å². The van der Waals surface area contributed by atoms with E-state index in [9.17, 15) is 5.11 Å². The number of aliphatic hydroxyl groups is 1. The zero-order valence-electron chi connectivity index (χ0n) is 14.9. The van der Waals surface area contributed by atoms with E-state index < -0.39 is 0 Å². The van der Waals surface area contributed by atoms with Crippen LogP contribution in [0.2, 0.25) is 0 Å². The number of hydrogen-bond acceptors (Lipinski definition) is 3. The first-order chi connectivity index (χ1) is 10.5. The molecule has 0 aromatic carbocycles. The van der Waals surface area contributed by atoms with E-state index in [2.05, 4.69) is 20.8 Å². The molecule has 3 nitrogen and oxygen atoms in total. The molecule has 2 aliphatic rings. The van der Waals surface area contributed by atoms with Crippen LogP contribution in [0.5, 0.6) is 0 Å². The average Bonchev–Trinajstić information content (AvgIpc) is 2.49. The van der Waals surface area contributed by atoms with Crippen molar-refractivity contribution in [1.29, 1.82) is 0 Å². The molecule has 0 bridgehead atoms. The molecule has 3 atom stereocenters. The van der Waals surface area contributed by atoms with Gasteiger partial charge in [0.1, 0.15) is 0 Å². The molecule has 0 amide bonds. The van der Waals surface area contributed by atoms with Gasteiger partial charge < -0.3 is 14.6 Å². The van der Waals surface area contributed by atoms with E-state index in [4.69, 9.17) is 9.47 Å². The maximum atomic E-state index is 9.83. The molecule has 130 valence electrons. The first kappa shape index (κ1) is 18.2. The molecule has 0 aliphatic carbocycles. The minimum Gasteiger partial charge on any atom is -0.396 e. The molecule has 2 fully saturated rings. The predicted octanol–water partition coefficient (Wildman–Crippen LogP) is 4.03. The number of rotatable bonds is 7. The van der Waals surface area contributed by atoms with Gasteiger partial charge in [0.2, 0.25) is 0 Å². The zero-order valence-corrected chi connectivity index (χ0v) is 14.9. The molecule has 0 radical (unpaired) electrons. The summed E-state index contributed by atoms with van der Waals surface area (Å²) in [6.45, 7) is 9.80. The smallest absolute Gasteiger partial charge is 0.0577 e. The van der Waals surface area contributed by atoms with Gasteiger partial charge in [0, 0.05) is 26.4 Å². The third-order valence-corrected chi connectivity index (χ3v) is 5.60. The van der Waals surface area contributed by atoms with Crippen LogP contribution < -0.4 is 0 Å². The van der Waals surface area contributed by atoms with Crippen molar-refractivity contribution in [1.82, 2.24) is 0 Å². The normalized spacial score (nSPS) is 30.4. The largest absolute Gasteiger partial charge is 0.396 e. The number of ether oxygens (including phenoxy) is 2. The van der Waals surface area contributed by atoms with Crippen LogP contribution >= 0.6 is 0 Å². The van der Waals surface area contributed by atoms with E-state index in [1.807, 2.05) is 0 Å². The Hall–Kier alpha value is -0.120. The van der Waals surface area contributed by atoms with Crippen molar-refractivity contribution < 1.29 is 14.6 Å². The molecule has 3 unspecified atom stereocenters. The number of aliphatic hydroxyl groups excluding tert-OH is 1. The molecule has 0 spiro atoms. The highest BCUT2D eigenvalue weighted by atomic mass is 16.5. The van der Waals surface area contributed by atoms with E-state index in [0.717, 1.165) is 45.0 Å². The standard InChI is InChI=1S/C19H36O3/c1-15(2)10-18-5-4-17(13-22-18)11-16(3)12-19(14-20)6-8-21-9-7-19/h15-18,20H,4-14H2,1-3H3. The molecule has 0 saturated carbocycles. The molecular weight excluding hydrogens is 276 g/mol. The van der Waals surface area contributed by atoms with Crippen molar-refractivity contribution >= 4 is 0 Å². The Balaban J connectivity index is 1.72. The first-order valence-electron chi connectivity index (χ1n) is 9.33. The highest BCUT2D eigenvalue weighted by Gasteiger charge is 2.34. The van der Waals surface area contributed by atoms with Gasteiger partial charge in [0.05, 0.1) is 6.10 Å². The maximum absolute atomic E-state index is 9.83. The summed E-state index contributed by atoms with van der Waals surface area (Å²) in [4.78, 5) is 0. The lowest BCUT2D eigenvalue weighted by Crippen LogP contribution is -2.35. The van der Waals surface area contributed by atoms with Crippen molar-refractivity contribution in [2.75, 3.05) is 26.4 Å². The monoisotopic (exact) mass is 312 g/mol. The highest BCUT2D eigenvalue weighted by Crippen LogP contribution is 2.39. The van der Waals surface area contributed by atoms with Gasteiger partial charge in [0.25, 0.3) is 0 Å². The van der Waals surface area contributed by atoms with Crippen molar-refractivity contribution in [2.45, 2.75) is 71.8 Å². The van der Waals surface area contributed by atoms with E-state index in [1.165, 1.54) is 25.7 Å². The second kappa shape index (κ2) is 8.65. The minimum absolute atomic E-state index is 0.118. The molecule has 2 heterocycles. The van der Waals surface area contributed by atoms with E-state index in [0.29, 0.717) is 24.5 Å². The highest BCUT2D eigenvalue weighted by molar-refractivity contribution is 4.84. The molecular formula is C19H36O3. The van der Waals surface area contributed by atoms with Crippen molar-refractivity contribution in [3.63, 3.8) is 0 Å². The van der Waals surface area contributed by atoms with E-state index in [1.54, 1.807) is 0 Å². The molecule has 22 heavy (non-hydrogen) atoms. The van der Waals surface area contributed by atoms with Crippen LogP contribution in [0.4, 0.5) is 0 Å². The average molecular weight is 312 g/mol. The fraction of sp³-hybridized carbons (Fsp3) is 1.00. The molecule has 0 aromatic heterocycles. The second-order valence-corrected chi connectivity index (χ2v) is 8.34. The van der Waals surface area contributed by atoms with Gasteiger partial charge in [-0.2, -0.15) is 0 Å². The van der Waals surface area contributed by atoms with E-state index in [-0.39, 0.29) is 5.41 Å². The Kier molecular flexibility index (Phi) is 7.17. The van der Waals surface area contributed by atoms with Crippen LogP contribution in [0, 0.1) is 23.2 Å². The predicted molar refractivity (Wildman–Crippen MR) is 89.9 cm³/mol. The SMILES string of the molecule is CC(C)CC1CCC(CC(C)CC2(CO)CCOCC2)CO1. The van der Waals surface area contributed by atoms with Gasteiger partial charge in [-0.15, -0.1) is 0 Å². The van der Waals surface area contributed by atoms with Crippen LogP contribution in [-0.4, -0.2) is 37.6 Å². The van der Waals surface area contributed by atoms with Crippen molar-refractivity contribution in [3.8, 4) is 0 Å². The summed E-state index contributed by atoms with van der Waals surface area (Å²) < 4.78 is 11.5. The lowest BCUT2D eigenvalue weighted by atomic mass is 9.72. The minimum atomic E-state index is 0.118. The third-order valence-electron chi connectivity index (χ3n) is 5.60. The molecule has 3 heteroatoms. The van der Waals surface area contributed by atoms with Crippen LogP contribution in [-0.2, 0) is 9.47 Å². The van der Waals surface area contributed by atoms with E-state index >= 15 is 0 Å². The van der Waals surface area contributed by atoms with Gasteiger partial charge in [-0.05, 0) is 68.1 Å². The Bertz CT molecular complexity index is 302. The fourth-order valence-corrected chi connectivity index (χ4v) is 4.38. The summed E-state index contributed by atoms with van der Waals surface area (Å²) in [6, 6.07) is 0.